The fourth-order valence-electron chi connectivity index (χ4n) is 2.23. The van der Waals surface area contributed by atoms with E-state index in [2.05, 4.69) is 18.9 Å². The van der Waals surface area contributed by atoms with E-state index in [1.807, 2.05) is 36.9 Å². The molecule has 2 rings (SSSR count). The molecule has 0 aliphatic carbocycles. The molecule has 0 unspecified atom stereocenters. The molecule has 0 radical (unpaired) electrons. The summed E-state index contributed by atoms with van der Waals surface area (Å²) in [4.78, 5) is 10.4. The molecule has 1 aromatic carbocycles. The van der Waals surface area contributed by atoms with Crippen LogP contribution in [0.1, 0.15) is 26.3 Å². The van der Waals surface area contributed by atoms with Crippen LogP contribution < -0.4 is 24.0 Å². The van der Waals surface area contributed by atoms with Crippen molar-refractivity contribution in [1.29, 1.82) is 0 Å². The van der Waals surface area contributed by atoms with Crippen LogP contribution in [0.15, 0.2) is 35.4 Å². The smallest absolute Gasteiger partial charge is 0.270 e. The van der Waals surface area contributed by atoms with Crippen molar-refractivity contribution in [1.82, 2.24) is 0 Å². The van der Waals surface area contributed by atoms with Gasteiger partial charge >= 0.3 is 0 Å². The van der Waals surface area contributed by atoms with E-state index in [1.165, 1.54) is 6.07 Å². The van der Waals surface area contributed by atoms with Crippen molar-refractivity contribution in [2.45, 2.75) is 20.8 Å². The van der Waals surface area contributed by atoms with Crippen LogP contribution in [0.5, 0.6) is 0 Å². The van der Waals surface area contributed by atoms with Crippen LogP contribution in [0, 0.1) is 15.5 Å². The zero-order valence-corrected chi connectivity index (χ0v) is 14.7. The molecule has 6 heteroatoms. The largest absolute Gasteiger partial charge is 1.00 e. The van der Waals surface area contributed by atoms with E-state index in [1.54, 1.807) is 12.1 Å². The molecule has 0 saturated heterocycles. The highest BCUT2D eigenvalue weighted by Crippen LogP contribution is 2.26. The number of hydrazone groups is 1. The van der Waals surface area contributed by atoms with Gasteiger partial charge in [-0.1, -0.05) is 16.8 Å². The predicted molar refractivity (Wildman–Crippen MR) is 80.2 cm³/mol. The van der Waals surface area contributed by atoms with Gasteiger partial charge in [0.05, 0.1) is 16.0 Å². The lowest BCUT2D eigenvalue weighted by atomic mass is 9.83. The summed E-state index contributed by atoms with van der Waals surface area (Å²) in [6, 6.07) is 6.59. The highest BCUT2D eigenvalue weighted by molar-refractivity contribution is 6.15. The van der Waals surface area contributed by atoms with E-state index in [4.69, 9.17) is 0 Å². The average molecular weight is 399 g/mol. The second-order valence-electron chi connectivity index (χ2n) is 5.40. The van der Waals surface area contributed by atoms with Crippen LogP contribution in [0.2, 0.25) is 0 Å². The summed E-state index contributed by atoms with van der Waals surface area (Å²) in [6.07, 6.45) is 3.85. The Balaban J connectivity index is 0.00000220. The Hall–Kier alpha value is -1.57. The number of halogens is 1. The minimum Gasteiger partial charge on any atom is -1.00 e. The van der Waals surface area contributed by atoms with Gasteiger partial charge in [-0.2, -0.15) is 0 Å². The average Bonchev–Trinajstić information content (AvgIpc) is 2.57. The molecule has 0 aromatic heterocycles. The van der Waals surface area contributed by atoms with Gasteiger partial charge in [0.1, 0.15) is 0 Å². The molecule has 21 heavy (non-hydrogen) atoms. The third-order valence-electron chi connectivity index (χ3n) is 3.71. The maximum Gasteiger partial charge on any atom is 0.270 e. The van der Waals surface area contributed by atoms with Crippen molar-refractivity contribution in [2.24, 2.45) is 10.5 Å². The van der Waals surface area contributed by atoms with Crippen LogP contribution in [0.4, 0.5) is 5.69 Å². The molecule has 0 fully saturated rings. The maximum atomic E-state index is 10.8. The van der Waals surface area contributed by atoms with Gasteiger partial charge in [0.15, 0.2) is 7.05 Å². The normalized spacial score (nSPS) is 16.9. The molecule has 1 aliphatic rings. The van der Waals surface area contributed by atoms with Crippen LogP contribution in [-0.2, 0) is 0 Å². The van der Waals surface area contributed by atoms with E-state index >= 15 is 0 Å². The molecule has 1 aliphatic heterocycles. The Bertz CT molecular complexity index is 661. The molecule has 0 bridgehead atoms. The first-order valence-corrected chi connectivity index (χ1v) is 6.42. The minimum atomic E-state index is -0.386. The first kappa shape index (κ1) is 17.5. The van der Waals surface area contributed by atoms with Gasteiger partial charge in [-0.05, 0) is 37.5 Å². The molecule has 112 valence electrons. The van der Waals surface area contributed by atoms with E-state index < -0.39 is 0 Å². The molecular weight excluding hydrogens is 381 g/mol. The number of rotatable bonds is 3. The molecule has 0 spiro atoms. The first-order chi connectivity index (χ1) is 9.32. The van der Waals surface area contributed by atoms with Crippen LogP contribution in [0.25, 0.3) is 6.08 Å². The summed E-state index contributed by atoms with van der Waals surface area (Å²) in [7, 11) is 1.91. The summed E-state index contributed by atoms with van der Waals surface area (Å²) >= 11 is 0. The number of nitro benzene ring substituents is 1. The summed E-state index contributed by atoms with van der Waals surface area (Å²) in [5.41, 5.74) is 2.91. The number of hydrogen-bond acceptors (Lipinski definition) is 3. The number of nitro groups is 1. The Labute approximate surface area is 141 Å². The molecule has 5 nitrogen and oxygen atoms in total. The van der Waals surface area contributed by atoms with Gasteiger partial charge in [0.25, 0.3) is 5.69 Å². The van der Waals surface area contributed by atoms with E-state index in [9.17, 15) is 10.1 Å². The van der Waals surface area contributed by atoms with Gasteiger partial charge in [0.2, 0.25) is 5.71 Å². The van der Waals surface area contributed by atoms with Crippen LogP contribution >= 0.6 is 0 Å². The molecule has 0 amide bonds. The molecule has 0 saturated carbocycles. The lowest BCUT2D eigenvalue weighted by Gasteiger charge is -2.13. The van der Waals surface area contributed by atoms with Gasteiger partial charge in [0, 0.05) is 18.2 Å². The summed E-state index contributed by atoms with van der Waals surface area (Å²) in [5.74, 6) is 0. The van der Waals surface area contributed by atoms with E-state index in [-0.39, 0.29) is 40.0 Å². The monoisotopic (exact) mass is 399 g/mol. The second kappa shape index (κ2) is 6.46. The highest BCUT2D eigenvalue weighted by Gasteiger charge is 2.39. The third-order valence-corrected chi connectivity index (χ3v) is 3.71. The van der Waals surface area contributed by atoms with E-state index in [0.29, 0.717) is 0 Å². The molecule has 0 atom stereocenters. The molecule has 1 heterocycles. The zero-order chi connectivity index (χ0) is 14.9. The fourth-order valence-corrected chi connectivity index (χ4v) is 2.23. The molecular formula is C15H18IN3O2. The topological polar surface area (TPSA) is 58.5 Å². The predicted octanol–water partition coefficient (Wildman–Crippen LogP) is 0.111. The number of hydrogen-bond donors (Lipinski definition) is 0. The van der Waals surface area contributed by atoms with Gasteiger partial charge in [-0.3, -0.25) is 10.1 Å². The van der Waals surface area contributed by atoms with Gasteiger partial charge in [-0.15, -0.1) is 0 Å². The van der Waals surface area contributed by atoms with Crippen molar-refractivity contribution < 1.29 is 33.6 Å². The zero-order valence-electron chi connectivity index (χ0n) is 12.5. The van der Waals surface area contributed by atoms with E-state index in [0.717, 1.165) is 17.0 Å². The van der Waals surface area contributed by atoms with Crippen molar-refractivity contribution in [3.05, 3.63) is 46.0 Å². The van der Waals surface area contributed by atoms with Crippen molar-refractivity contribution in [3.63, 3.8) is 0 Å². The molecule has 1 aromatic rings. The number of non-ortho nitro benzene ring substituents is 1. The summed E-state index contributed by atoms with van der Waals surface area (Å²) < 4.78 is 1.85. The lowest BCUT2D eigenvalue weighted by Crippen LogP contribution is -3.00. The number of benzene rings is 1. The fraction of sp³-hybridized carbons (Fsp3) is 0.333. The maximum absolute atomic E-state index is 10.8. The Morgan fingerprint density at radius 3 is 2.52 bits per heavy atom. The van der Waals surface area contributed by atoms with Crippen LogP contribution in [0.3, 0.4) is 0 Å². The Kier molecular flexibility index (Phi) is 5.38. The number of nitrogens with zero attached hydrogens (tertiary/aromatic N) is 3. The summed E-state index contributed by atoms with van der Waals surface area (Å²) in [5, 5.41) is 15.2. The van der Waals surface area contributed by atoms with Gasteiger partial charge in [-0.25, -0.2) is 0 Å². The first-order valence-electron chi connectivity index (χ1n) is 6.42. The highest BCUT2D eigenvalue weighted by atomic mass is 127. The van der Waals surface area contributed by atoms with Crippen molar-refractivity contribution >= 4 is 23.2 Å². The second-order valence-corrected chi connectivity index (χ2v) is 5.40. The SMILES string of the molecule is CC1=N[N+](C)=C(/C=C/c2cccc([N+](=O)[O-])c2)C1(C)C.[I-]. The number of allylic oxidation sites excluding steroid dienone is 1. The Morgan fingerprint density at radius 2 is 2.00 bits per heavy atom. The van der Waals surface area contributed by atoms with Crippen molar-refractivity contribution in [3.8, 4) is 0 Å². The minimum absolute atomic E-state index is 0. The lowest BCUT2D eigenvalue weighted by molar-refractivity contribution is -0.499. The third kappa shape index (κ3) is 3.55. The van der Waals surface area contributed by atoms with Gasteiger partial charge < -0.3 is 24.0 Å². The standard InChI is InChI=1S/C15H18N3O2.HI/c1-11-15(2,3)14(17(4)16-11)9-8-12-6-5-7-13(10-12)18(19)20;/h5-10H,1-4H3;1H/q+1;/p-1/b9-8+;. The molecule has 0 N–H and O–H groups in total. The van der Waals surface area contributed by atoms with Crippen LogP contribution in [-0.4, -0.2) is 28.1 Å². The quantitative estimate of drug-likeness (QED) is 0.314. The Morgan fingerprint density at radius 1 is 1.33 bits per heavy atom. The van der Waals surface area contributed by atoms with Crippen molar-refractivity contribution in [2.75, 3.05) is 7.05 Å². The summed E-state index contributed by atoms with van der Waals surface area (Å²) in [6.45, 7) is 6.23.